The molecule has 4 nitrogen and oxygen atoms in total. The first-order valence-corrected chi connectivity index (χ1v) is 4.28. The Labute approximate surface area is 101 Å². The summed E-state index contributed by atoms with van der Waals surface area (Å²) in [6, 6.07) is 0.494. The lowest BCUT2D eigenvalue weighted by molar-refractivity contribution is -0.138. The Bertz CT molecular complexity index is 398. The van der Waals surface area contributed by atoms with Gasteiger partial charge in [0.25, 0.3) is 0 Å². The number of phenolic OH excluding ortho intramolecular Hbond substituents is 3. The number of rotatable bonds is 2. The van der Waals surface area contributed by atoms with Crippen molar-refractivity contribution in [1.29, 1.82) is 0 Å². The normalized spacial score (nSPS) is 12.9. The van der Waals surface area contributed by atoms with Gasteiger partial charge in [-0.3, -0.25) is 0 Å². The van der Waals surface area contributed by atoms with Crippen molar-refractivity contribution in [2.75, 3.05) is 0 Å². The Morgan fingerprint density at radius 1 is 1.12 bits per heavy atom. The molecule has 0 fully saturated rings. The van der Waals surface area contributed by atoms with E-state index in [9.17, 15) is 18.3 Å². The Balaban J connectivity index is 0.00000256. The maximum absolute atomic E-state index is 12.0. The third-order valence-corrected chi connectivity index (χ3v) is 2.01. The fraction of sp³-hybridized carbons (Fsp3) is 0.333. The number of benzene rings is 1. The van der Waals surface area contributed by atoms with Crippen molar-refractivity contribution in [3.05, 3.63) is 17.7 Å². The van der Waals surface area contributed by atoms with Gasteiger partial charge in [-0.25, -0.2) is 0 Å². The van der Waals surface area contributed by atoms with Crippen LogP contribution in [0.4, 0.5) is 13.2 Å². The fourth-order valence-electron chi connectivity index (χ4n) is 1.24. The lowest BCUT2D eigenvalue weighted by Crippen LogP contribution is -2.20. The van der Waals surface area contributed by atoms with E-state index in [0.29, 0.717) is 0 Å². The van der Waals surface area contributed by atoms with Crippen LogP contribution in [0, 0.1) is 0 Å². The third-order valence-electron chi connectivity index (χ3n) is 2.01. The zero-order valence-corrected chi connectivity index (χ0v) is 9.22. The number of alkyl halides is 3. The number of nitrogens with two attached hydrogens (primary N) is 1. The second kappa shape index (κ2) is 5.33. The zero-order valence-electron chi connectivity index (χ0n) is 8.40. The van der Waals surface area contributed by atoms with Crippen LogP contribution in [0.1, 0.15) is 18.0 Å². The minimum absolute atomic E-state index is 0. The maximum Gasteiger partial charge on any atom is 0.390 e. The Kier molecular flexibility index (Phi) is 4.91. The van der Waals surface area contributed by atoms with Crippen LogP contribution in [-0.4, -0.2) is 21.5 Å². The third kappa shape index (κ3) is 3.86. The highest BCUT2D eigenvalue weighted by Gasteiger charge is 2.32. The van der Waals surface area contributed by atoms with E-state index >= 15 is 0 Å². The van der Waals surface area contributed by atoms with Crippen LogP contribution in [0.5, 0.6) is 17.2 Å². The van der Waals surface area contributed by atoms with Crippen LogP contribution in [0.2, 0.25) is 0 Å². The molecule has 0 aliphatic carbocycles. The summed E-state index contributed by atoms with van der Waals surface area (Å²) < 4.78 is 36.1. The molecule has 0 unspecified atom stereocenters. The molecule has 0 spiro atoms. The smallest absolute Gasteiger partial charge is 0.390 e. The van der Waals surface area contributed by atoms with Crippen molar-refractivity contribution in [3.63, 3.8) is 0 Å². The highest BCUT2D eigenvalue weighted by molar-refractivity contribution is 5.85. The molecule has 8 heteroatoms. The van der Waals surface area contributed by atoms with Gasteiger partial charge < -0.3 is 21.1 Å². The first kappa shape index (κ1) is 15.7. The molecule has 0 aliphatic rings. The molecule has 5 N–H and O–H groups in total. The molecule has 98 valence electrons. The van der Waals surface area contributed by atoms with E-state index in [1.807, 2.05) is 0 Å². The molecule has 0 radical (unpaired) electrons. The molecule has 1 atom stereocenters. The van der Waals surface area contributed by atoms with Gasteiger partial charge in [0.2, 0.25) is 5.75 Å². The lowest BCUT2D eigenvalue weighted by atomic mass is 10.0. The summed E-state index contributed by atoms with van der Waals surface area (Å²) in [4.78, 5) is 0. The number of aromatic hydroxyl groups is 3. The maximum atomic E-state index is 12.0. The van der Waals surface area contributed by atoms with Crippen molar-refractivity contribution < 1.29 is 28.5 Å². The Hall–Kier alpha value is -1.34. The second-order valence-corrected chi connectivity index (χ2v) is 3.30. The number of hydrogen-bond donors (Lipinski definition) is 4. The van der Waals surface area contributed by atoms with Crippen molar-refractivity contribution in [1.82, 2.24) is 0 Å². The molecular formula is C9H11ClF3NO3. The minimum Gasteiger partial charge on any atom is -0.504 e. The molecule has 1 rings (SSSR count). The van der Waals surface area contributed by atoms with Gasteiger partial charge in [-0.1, -0.05) is 0 Å². The standard InChI is InChI=1S/C9H10F3NO3.ClH/c10-9(11,12)3-5(13)4-1-2-6(14)8(16)7(4)15;/h1-2,5,14-16H,3,13H2;1H/t5-;/m1./s1. The van der Waals surface area contributed by atoms with E-state index in [0.717, 1.165) is 12.1 Å². The molecule has 0 aliphatic heterocycles. The van der Waals surface area contributed by atoms with E-state index in [1.165, 1.54) is 0 Å². The molecule has 0 aromatic heterocycles. The zero-order chi connectivity index (χ0) is 12.5. The fourth-order valence-corrected chi connectivity index (χ4v) is 1.24. The van der Waals surface area contributed by atoms with E-state index in [-0.39, 0.29) is 18.0 Å². The summed E-state index contributed by atoms with van der Waals surface area (Å²) in [5, 5.41) is 27.4. The lowest BCUT2D eigenvalue weighted by Gasteiger charge is -2.16. The van der Waals surface area contributed by atoms with Crippen LogP contribution in [0.15, 0.2) is 12.1 Å². The van der Waals surface area contributed by atoms with E-state index in [4.69, 9.17) is 15.9 Å². The highest BCUT2D eigenvalue weighted by Crippen LogP contribution is 2.41. The first-order chi connectivity index (χ1) is 7.22. The number of hydrogen-bond acceptors (Lipinski definition) is 4. The number of halogens is 4. The second-order valence-electron chi connectivity index (χ2n) is 3.30. The first-order valence-electron chi connectivity index (χ1n) is 4.28. The van der Waals surface area contributed by atoms with Gasteiger partial charge in [-0.05, 0) is 12.1 Å². The van der Waals surface area contributed by atoms with Crippen LogP contribution < -0.4 is 5.73 Å². The summed E-state index contributed by atoms with van der Waals surface area (Å²) >= 11 is 0. The van der Waals surface area contributed by atoms with Gasteiger partial charge in [-0.2, -0.15) is 13.2 Å². The van der Waals surface area contributed by atoms with Gasteiger partial charge in [0.1, 0.15) is 0 Å². The Morgan fingerprint density at radius 2 is 1.65 bits per heavy atom. The predicted molar refractivity (Wildman–Crippen MR) is 56.3 cm³/mol. The molecule has 17 heavy (non-hydrogen) atoms. The molecule has 0 saturated heterocycles. The van der Waals surface area contributed by atoms with Gasteiger partial charge in [0.15, 0.2) is 11.5 Å². The van der Waals surface area contributed by atoms with Crippen molar-refractivity contribution in [3.8, 4) is 17.2 Å². The largest absolute Gasteiger partial charge is 0.504 e. The molecule has 0 heterocycles. The monoisotopic (exact) mass is 273 g/mol. The number of phenols is 3. The molecule has 1 aromatic carbocycles. The summed E-state index contributed by atoms with van der Waals surface area (Å²) in [7, 11) is 0. The van der Waals surface area contributed by atoms with E-state index in [2.05, 4.69) is 0 Å². The average Bonchev–Trinajstić information content (AvgIpc) is 2.11. The summed E-state index contributed by atoms with van der Waals surface area (Å²) in [6.07, 6.45) is -5.80. The van der Waals surface area contributed by atoms with Gasteiger partial charge in [0, 0.05) is 11.6 Å². The summed E-state index contributed by atoms with van der Waals surface area (Å²) in [5.41, 5.74) is 4.96. The van der Waals surface area contributed by atoms with Crippen LogP contribution >= 0.6 is 12.4 Å². The van der Waals surface area contributed by atoms with Gasteiger partial charge >= 0.3 is 6.18 Å². The van der Waals surface area contributed by atoms with Crippen LogP contribution in [-0.2, 0) is 0 Å². The van der Waals surface area contributed by atoms with Crippen molar-refractivity contribution >= 4 is 12.4 Å². The van der Waals surface area contributed by atoms with Gasteiger partial charge in [0.05, 0.1) is 6.42 Å². The molecule has 0 amide bonds. The predicted octanol–water partition coefficient (Wildman–Crippen LogP) is 2.18. The molecule has 0 saturated carbocycles. The average molecular weight is 274 g/mol. The highest BCUT2D eigenvalue weighted by atomic mass is 35.5. The Morgan fingerprint density at radius 3 is 2.12 bits per heavy atom. The molecule has 0 bridgehead atoms. The minimum atomic E-state index is -4.47. The summed E-state index contributed by atoms with van der Waals surface area (Å²) in [6.45, 7) is 0. The van der Waals surface area contributed by atoms with Crippen molar-refractivity contribution in [2.45, 2.75) is 18.6 Å². The summed E-state index contributed by atoms with van der Waals surface area (Å²) in [5.74, 6) is -2.34. The van der Waals surface area contributed by atoms with E-state index in [1.54, 1.807) is 0 Å². The van der Waals surface area contributed by atoms with Crippen LogP contribution in [0.3, 0.4) is 0 Å². The van der Waals surface area contributed by atoms with E-state index < -0.39 is 35.9 Å². The quantitative estimate of drug-likeness (QED) is 0.622. The topological polar surface area (TPSA) is 86.7 Å². The van der Waals surface area contributed by atoms with Crippen LogP contribution in [0.25, 0.3) is 0 Å². The molecule has 1 aromatic rings. The SMILES string of the molecule is Cl.N[C@H](CC(F)(F)F)c1ccc(O)c(O)c1O. The van der Waals surface area contributed by atoms with Crippen molar-refractivity contribution in [2.24, 2.45) is 5.73 Å². The molecular weight excluding hydrogens is 263 g/mol. The van der Waals surface area contributed by atoms with Gasteiger partial charge in [-0.15, -0.1) is 12.4 Å².